The number of hydrogen-bond acceptors (Lipinski definition) is 5. The van der Waals surface area contributed by atoms with Crippen molar-refractivity contribution in [2.75, 3.05) is 73.1 Å². The molecule has 1 aliphatic heterocycles. The summed E-state index contributed by atoms with van der Waals surface area (Å²) in [6.45, 7) is 21.1. The summed E-state index contributed by atoms with van der Waals surface area (Å²) in [5.74, 6) is 0. The Morgan fingerprint density at radius 2 is 1.54 bits per heavy atom. The van der Waals surface area contributed by atoms with E-state index < -0.39 is 16.1 Å². The summed E-state index contributed by atoms with van der Waals surface area (Å²) < 4.78 is 5.80. The molecule has 1 heterocycles. The van der Waals surface area contributed by atoms with Crippen LogP contribution in [0.3, 0.4) is 0 Å². The van der Waals surface area contributed by atoms with Crippen LogP contribution in [0.2, 0.25) is 50.9 Å². The van der Waals surface area contributed by atoms with Crippen LogP contribution in [0, 0.1) is 0 Å². The van der Waals surface area contributed by atoms with Crippen LogP contribution < -0.4 is 0 Å². The van der Waals surface area contributed by atoms with E-state index in [4.69, 9.17) is 4.74 Å². The molecule has 0 amide bonds. The average molecular weight is 432 g/mol. The maximum atomic E-state index is 10.3. The maximum absolute atomic E-state index is 10.3. The molecule has 1 fully saturated rings. The molecular weight excluding hydrogens is 382 g/mol. The fourth-order valence-corrected chi connectivity index (χ4v) is 10.7. The van der Waals surface area contributed by atoms with Crippen LogP contribution in [0.4, 0.5) is 0 Å². The number of piperazine rings is 1. The zero-order valence-corrected chi connectivity index (χ0v) is 22.0. The van der Waals surface area contributed by atoms with Crippen molar-refractivity contribution in [3.05, 3.63) is 0 Å². The molecule has 1 N–H and O–H groups in total. The Morgan fingerprint density at radius 3 is 2.11 bits per heavy atom. The highest BCUT2D eigenvalue weighted by atomic mass is 28.3. The Hall–Kier alpha value is 0.234. The zero-order valence-electron chi connectivity index (χ0n) is 20.0. The van der Waals surface area contributed by atoms with Gasteiger partial charge in [0.1, 0.15) is 0 Å². The molecule has 5 nitrogen and oxygen atoms in total. The number of likely N-dealkylation sites (N-methyl/N-ethyl adjacent to an activating group) is 1. The third kappa shape index (κ3) is 13.5. The molecule has 0 bridgehead atoms. The summed E-state index contributed by atoms with van der Waals surface area (Å²) in [7, 11) is 2.28. The van der Waals surface area contributed by atoms with Gasteiger partial charge >= 0.3 is 0 Å². The van der Waals surface area contributed by atoms with E-state index >= 15 is 0 Å². The lowest BCUT2D eigenvalue weighted by molar-refractivity contribution is 0.00698. The van der Waals surface area contributed by atoms with Crippen LogP contribution in [0.5, 0.6) is 0 Å². The Bertz CT molecular complexity index is 409. The fourth-order valence-electron chi connectivity index (χ4n) is 3.60. The van der Waals surface area contributed by atoms with Crippen molar-refractivity contribution < 1.29 is 9.84 Å². The summed E-state index contributed by atoms with van der Waals surface area (Å²) in [6.07, 6.45) is 0.799. The second-order valence-electron chi connectivity index (χ2n) is 11.0. The molecule has 1 saturated heterocycles. The molecule has 0 aromatic carbocycles. The van der Waals surface area contributed by atoms with Crippen molar-refractivity contribution in [3.63, 3.8) is 0 Å². The minimum absolute atomic E-state index is 0.356. The summed E-state index contributed by atoms with van der Waals surface area (Å²) in [5, 5.41) is 10.3. The summed E-state index contributed by atoms with van der Waals surface area (Å²) in [4.78, 5) is 7.14. The Labute approximate surface area is 177 Å². The molecule has 1 unspecified atom stereocenters. The van der Waals surface area contributed by atoms with Gasteiger partial charge in [-0.05, 0) is 20.5 Å². The quantitative estimate of drug-likeness (QED) is 0.338. The van der Waals surface area contributed by atoms with E-state index in [2.05, 4.69) is 61.5 Å². The number of nitrogens with zero attached hydrogens (tertiary/aromatic N) is 3. The molecule has 0 aliphatic carbocycles. The summed E-state index contributed by atoms with van der Waals surface area (Å²) in [6, 6.07) is 4.28. The lowest BCUT2D eigenvalue weighted by Crippen LogP contribution is -2.50. The smallest absolute Gasteiger partial charge is 0.0900 e. The molecule has 28 heavy (non-hydrogen) atoms. The highest BCUT2D eigenvalue weighted by Crippen LogP contribution is 2.24. The summed E-state index contributed by atoms with van der Waals surface area (Å²) in [5.41, 5.74) is 0. The van der Waals surface area contributed by atoms with E-state index in [0.29, 0.717) is 6.61 Å². The van der Waals surface area contributed by atoms with Crippen molar-refractivity contribution in [1.29, 1.82) is 0 Å². The van der Waals surface area contributed by atoms with Crippen LogP contribution in [-0.4, -0.2) is 115 Å². The van der Waals surface area contributed by atoms with Crippen LogP contribution in [-0.2, 0) is 4.74 Å². The van der Waals surface area contributed by atoms with Gasteiger partial charge in [-0.1, -0.05) is 50.9 Å². The van der Waals surface area contributed by atoms with E-state index in [1.54, 1.807) is 0 Å². The maximum Gasteiger partial charge on any atom is 0.0900 e. The monoisotopic (exact) mass is 431 g/mol. The van der Waals surface area contributed by atoms with Crippen LogP contribution in [0.25, 0.3) is 0 Å². The molecule has 0 radical (unpaired) electrons. The van der Waals surface area contributed by atoms with Gasteiger partial charge in [-0.2, -0.15) is 0 Å². The highest BCUT2D eigenvalue weighted by Gasteiger charge is 2.24. The topological polar surface area (TPSA) is 39.2 Å². The third-order valence-electron chi connectivity index (χ3n) is 5.80. The minimum Gasteiger partial charge on any atom is -0.389 e. The first-order valence-electron chi connectivity index (χ1n) is 11.3. The normalized spacial score (nSPS) is 18.8. The van der Waals surface area contributed by atoms with E-state index in [1.165, 1.54) is 18.1 Å². The first kappa shape index (κ1) is 26.3. The highest BCUT2D eigenvalue weighted by molar-refractivity contribution is 6.82. The van der Waals surface area contributed by atoms with Gasteiger partial charge in [0.15, 0.2) is 0 Å². The average Bonchev–Trinajstić information content (AvgIpc) is 2.58. The van der Waals surface area contributed by atoms with E-state index in [-0.39, 0.29) is 6.10 Å². The molecule has 0 aromatic heterocycles. The molecule has 1 atom stereocenters. The number of aliphatic hydroxyl groups excluding tert-OH is 1. The van der Waals surface area contributed by atoms with Gasteiger partial charge in [0, 0.05) is 68.6 Å². The van der Waals surface area contributed by atoms with E-state index in [0.717, 1.165) is 58.8 Å². The van der Waals surface area contributed by atoms with Crippen molar-refractivity contribution >= 4 is 16.1 Å². The molecular formula is C21H49N3O2Si2. The molecule has 0 aromatic rings. The van der Waals surface area contributed by atoms with Gasteiger partial charge < -0.3 is 14.7 Å². The van der Waals surface area contributed by atoms with Gasteiger partial charge in [0.05, 0.1) is 12.7 Å². The number of rotatable bonds is 14. The molecule has 1 aliphatic rings. The molecule has 0 spiro atoms. The van der Waals surface area contributed by atoms with Crippen molar-refractivity contribution in [1.82, 2.24) is 14.7 Å². The second kappa shape index (κ2) is 12.8. The Morgan fingerprint density at radius 1 is 0.929 bits per heavy atom. The number of ether oxygens (including phenoxy) is 1. The number of aliphatic hydroxyl groups is 1. The molecule has 168 valence electrons. The SMILES string of the molecule is CN(C)CCN1CCN(CC(O)COCCC[Si](C)(C)CC[Si](C)(C)C)CC1. The minimum atomic E-state index is -1.07. The number of hydrogen-bond donors (Lipinski definition) is 1. The first-order chi connectivity index (χ1) is 13.0. The van der Waals surface area contributed by atoms with Crippen LogP contribution >= 0.6 is 0 Å². The van der Waals surface area contributed by atoms with Gasteiger partial charge in [0.2, 0.25) is 0 Å². The molecule has 7 heteroatoms. The van der Waals surface area contributed by atoms with Crippen molar-refractivity contribution in [2.24, 2.45) is 0 Å². The molecule has 0 saturated carbocycles. The van der Waals surface area contributed by atoms with Gasteiger partial charge in [0.25, 0.3) is 0 Å². The zero-order chi connectivity index (χ0) is 21.2. The lowest BCUT2D eigenvalue weighted by atomic mass is 10.2. The van der Waals surface area contributed by atoms with Crippen LogP contribution in [0.15, 0.2) is 0 Å². The lowest BCUT2D eigenvalue weighted by Gasteiger charge is -2.36. The van der Waals surface area contributed by atoms with Gasteiger partial charge in [-0.3, -0.25) is 9.80 Å². The third-order valence-corrected chi connectivity index (χ3v) is 11.4. The van der Waals surface area contributed by atoms with E-state index in [1.807, 2.05) is 0 Å². The predicted octanol–water partition coefficient (Wildman–Crippen LogP) is 2.98. The van der Waals surface area contributed by atoms with Crippen LogP contribution in [0.1, 0.15) is 6.42 Å². The van der Waals surface area contributed by atoms with Gasteiger partial charge in [-0.25, -0.2) is 0 Å². The second-order valence-corrected chi connectivity index (χ2v) is 22.0. The standard InChI is InChI=1S/C21H49N3O2Si2/c1-22(2)9-10-23-11-13-24(14-12-23)19-21(25)20-26-15-8-16-28(6,7)18-17-27(3,4)5/h21,25H,8-20H2,1-7H3. The van der Waals surface area contributed by atoms with Gasteiger partial charge in [-0.15, -0.1) is 0 Å². The fraction of sp³-hybridized carbons (Fsp3) is 1.00. The number of β-amino-alcohol motifs (C(OH)–C–C–N with tert-alkyl or cyclic N) is 1. The Kier molecular flexibility index (Phi) is 12.0. The van der Waals surface area contributed by atoms with Crippen molar-refractivity contribution in [2.45, 2.75) is 63.4 Å². The van der Waals surface area contributed by atoms with Crippen molar-refractivity contribution in [3.8, 4) is 0 Å². The first-order valence-corrected chi connectivity index (χ1v) is 18.4. The summed E-state index contributed by atoms with van der Waals surface area (Å²) >= 11 is 0. The van der Waals surface area contributed by atoms with E-state index in [9.17, 15) is 5.11 Å². The Balaban J connectivity index is 2.07. The predicted molar refractivity (Wildman–Crippen MR) is 128 cm³/mol. The molecule has 1 rings (SSSR count). The largest absolute Gasteiger partial charge is 0.389 e.